The van der Waals surface area contributed by atoms with Gasteiger partial charge in [-0.3, -0.25) is 4.79 Å². The molecule has 0 aliphatic heterocycles. The molecule has 27 heavy (non-hydrogen) atoms. The number of rotatable bonds is 11. The number of carbonyl (C=O) groups excluding carboxylic acids is 1. The molecule has 1 aromatic rings. The Morgan fingerprint density at radius 1 is 0.963 bits per heavy atom. The summed E-state index contributed by atoms with van der Waals surface area (Å²) in [6.45, 7) is 0. The van der Waals surface area contributed by atoms with Gasteiger partial charge in [-0.2, -0.15) is 0 Å². The van der Waals surface area contributed by atoms with Gasteiger partial charge < -0.3 is 16.6 Å². The molecular formula is C15H22Cl2N2O6S2. The number of alkyl halides is 2. The third-order valence-electron chi connectivity index (χ3n) is 3.92. The fourth-order valence-electron chi connectivity index (χ4n) is 2.43. The summed E-state index contributed by atoms with van der Waals surface area (Å²) < 4.78 is 47.3. The van der Waals surface area contributed by atoms with Crippen LogP contribution in [0.2, 0.25) is 0 Å². The van der Waals surface area contributed by atoms with Gasteiger partial charge in [-0.1, -0.05) is 0 Å². The summed E-state index contributed by atoms with van der Waals surface area (Å²) in [5.74, 6) is -2.46. The van der Waals surface area contributed by atoms with Gasteiger partial charge in [-0.05, 0) is 30.0 Å². The molecule has 0 aliphatic carbocycles. The van der Waals surface area contributed by atoms with Gasteiger partial charge in [0, 0.05) is 17.3 Å². The third kappa shape index (κ3) is 7.02. The van der Waals surface area contributed by atoms with Crippen LogP contribution in [-0.4, -0.2) is 62.6 Å². The molecule has 0 unspecified atom stereocenters. The van der Waals surface area contributed by atoms with E-state index in [1.165, 1.54) is 6.07 Å². The lowest BCUT2D eigenvalue weighted by Crippen LogP contribution is -2.20. The Kier molecular flexibility index (Phi) is 8.65. The molecule has 0 spiro atoms. The number of nitrogens with two attached hydrogens (primary N) is 2. The Morgan fingerprint density at radius 2 is 1.44 bits per heavy atom. The molecule has 5 N–H and O–H groups in total. The van der Waals surface area contributed by atoms with Crippen LogP contribution < -0.4 is 11.5 Å². The second-order valence-electron chi connectivity index (χ2n) is 5.87. The highest BCUT2D eigenvalue weighted by atomic mass is 35.5. The molecule has 0 saturated carbocycles. The van der Waals surface area contributed by atoms with E-state index in [2.05, 4.69) is 0 Å². The van der Waals surface area contributed by atoms with Crippen molar-refractivity contribution in [3.8, 4) is 5.75 Å². The Hall–Kier alpha value is -1.23. The molecular weight excluding hydrogens is 439 g/mol. The van der Waals surface area contributed by atoms with Gasteiger partial charge in [-0.15, -0.1) is 23.2 Å². The lowest BCUT2D eigenvalue weighted by Gasteiger charge is -2.16. The second-order valence-corrected chi connectivity index (χ2v) is 11.2. The highest BCUT2D eigenvalue weighted by Gasteiger charge is 2.22. The predicted octanol–water partition coefficient (Wildman–Crippen LogP) is 0.465. The SMILES string of the molecule is NC(=O)c1cc(CCS(=O)(=O)CCCl)c(O)c(N)c1CCS(=O)(=O)CCCl. The maximum atomic E-state index is 11.8. The third-order valence-corrected chi connectivity index (χ3v) is 8.05. The molecule has 0 radical (unpaired) electrons. The zero-order valence-corrected chi connectivity index (χ0v) is 17.6. The number of benzene rings is 1. The molecule has 0 aliphatic rings. The first-order chi connectivity index (χ1) is 12.4. The van der Waals surface area contributed by atoms with E-state index < -0.39 is 31.3 Å². The van der Waals surface area contributed by atoms with Crippen LogP contribution in [0.5, 0.6) is 5.75 Å². The number of carbonyl (C=O) groups is 1. The van der Waals surface area contributed by atoms with Crippen LogP contribution in [0.15, 0.2) is 6.07 Å². The molecule has 12 heteroatoms. The van der Waals surface area contributed by atoms with Crippen LogP contribution in [0.1, 0.15) is 21.5 Å². The van der Waals surface area contributed by atoms with Crippen molar-refractivity contribution in [1.29, 1.82) is 0 Å². The summed E-state index contributed by atoms with van der Waals surface area (Å²) in [5, 5.41) is 10.3. The average Bonchev–Trinajstić information content (AvgIpc) is 2.54. The van der Waals surface area contributed by atoms with E-state index in [1.54, 1.807) is 0 Å². The van der Waals surface area contributed by atoms with E-state index in [4.69, 9.17) is 34.7 Å². The van der Waals surface area contributed by atoms with Crippen LogP contribution in [0.4, 0.5) is 5.69 Å². The largest absolute Gasteiger partial charge is 0.505 e. The summed E-state index contributed by atoms with van der Waals surface area (Å²) in [4.78, 5) is 11.8. The van der Waals surface area contributed by atoms with Crippen molar-refractivity contribution in [1.82, 2.24) is 0 Å². The van der Waals surface area contributed by atoms with E-state index >= 15 is 0 Å². The van der Waals surface area contributed by atoms with Gasteiger partial charge in [-0.25, -0.2) is 16.8 Å². The number of hydrogen-bond acceptors (Lipinski definition) is 7. The molecule has 1 amide bonds. The lowest BCUT2D eigenvalue weighted by atomic mass is 9.97. The smallest absolute Gasteiger partial charge is 0.249 e. The van der Waals surface area contributed by atoms with Crippen molar-refractivity contribution in [2.24, 2.45) is 5.73 Å². The maximum Gasteiger partial charge on any atom is 0.249 e. The number of primary amides is 1. The van der Waals surface area contributed by atoms with Crippen molar-refractivity contribution in [2.45, 2.75) is 12.8 Å². The van der Waals surface area contributed by atoms with Crippen LogP contribution in [0.25, 0.3) is 0 Å². The number of phenols is 1. The minimum absolute atomic E-state index is 0.0568. The summed E-state index contributed by atoms with van der Waals surface area (Å²) in [6, 6.07) is 1.24. The first-order valence-corrected chi connectivity index (χ1v) is 12.6. The number of halogens is 2. The van der Waals surface area contributed by atoms with Crippen LogP contribution in [-0.2, 0) is 32.5 Å². The van der Waals surface area contributed by atoms with Gasteiger partial charge in [0.05, 0.1) is 28.7 Å². The number of aromatic hydroxyl groups is 1. The maximum absolute atomic E-state index is 11.8. The summed E-state index contributed by atoms with van der Waals surface area (Å²) in [7, 11) is -6.89. The fourth-order valence-corrected chi connectivity index (χ4v) is 5.77. The predicted molar refractivity (Wildman–Crippen MR) is 107 cm³/mol. The summed E-state index contributed by atoms with van der Waals surface area (Å²) in [6.07, 6.45) is -0.234. The van der Waals surface area contributed by atoms with Gasteiger partial charge in [0.15, 0.2) is 19.7 Å². The molecule has 0 heterocycles. The monoisotopic (exact) mass is 460 g/mol. The first-order valence-electron chi connectivity index (χ1n) is 7.90. The molecule has 8 nitrogen and oxygen atoms in total. The zero-order chi connectivity index (χ0) is 20.8. The summed E-state index contributed by atoms with van der Waals surface area (Å²) in [5.41, 5.74) is 11.2. The van der Waals surface area contributed by atoms with Crippen molar-refractivity contribution in [2.75, 3.05) is 40.5 Å². The van der Waals surface area contributed by atoms with Crippen LogP contribution in [0.3, 0.4) is 0 Å². The number of aryl methyl sites for hydroxylation is 1. The molecule has 0 fully saturated rings. The molecule has 0 aromatic heterocycles. The number of amides is 1. The molecule has 0 atom stereocenters. The average molecular weight is 461 g/mol. The van der Waals surface area contributed by atoms with E-state index in [0.29, 0.717) is 0 Å². The molecule has 1 rings (SSSR count). The number of anilines is 1. The van der Waals surface area contributed by atoms with Crippen LogP contribution in [0, 0.1) is 0 Å². The van der Waals surface area contributed by atoms with Crippen molar-refractivity contribution >= 4 is 54.5 Å². The van der Waals surface area contributed by atoms with Crippen molar-refractivity contribution in [3.63, 3.8) is 0 Å². The lowest BCUT2D eigenvalue weighted by molar-refractivity contribution is 0.0999. The van der Waals surface area contributed by atoms with E-state index in [9.17, 15) is 26.7 Å². The van der Waals surface area contributed by atoms with Crippen molar-refractivity contribution in [3.05, 3.63) is 22.8 Å². The van der Waals surface area contributed by atoms with Crippen LogP contribution >= 0.6 is 23.2 Å². The van der Waals surface area contributed by atoms with Gasteiger partial charge >= 0.3 is 0 Å². The number of hydrogen-bond donors (Lipinski definition) is 3. The first kappa shape index (κ1) is 23.8. The van der Waals surface area contributed by atoms with E-state index in [0.717, 1.165) is 0 Å². The standard InChI is InChI=1S/C15H22Cl2N2O6S2/c16-3-7-26(22,23)5-1-10-9-12(15(19)21)11(13(18)14(10)20)2-6-27(24,25)8-4-17/h9,20H,1-8,18H2,(H2,19,21). The fraction of sp³-hybridized carbons (Fsp3) is 0.533. The number of nitrogen functional groups attached to an aromatic ring is 1. The van der Waals surface area contributed by atoms with Gasteiger partial charge in [0.25, 0.3) is 0 Å². The van der Waals surface area contributed by atoms with E-state index in [1.807, 2.05) is 0 Å². The highest BCUT2D eigenvalue weighted by Crippen LogP contribution is 2.33. The summed E-state index contributed by atoms with van der Waals surface area (Å²) >= 11 is 10.9. The van der Waals surface area contributed by atoms with Gasteiger partial charge in [0.1, 0.15) is 5.75 Å². The molecule has 1 aromatic carbocycles. The number of sulfone groups is 2. The Bertz CT molecular complexity index is 901. The minimum atomic E-state index is -3.46. The van der Waals surface area contributed by atoms with Gasteiger partial charge in [0.2, 0.25) is 5.91 Å². The Balaban J connectivity index is 3.21. The molecule has 0 bridgehead atoms. The Morgan fingerprint density at radius 3 is 1.89 bits per heavy atom. The van der Waals surface area contributed by atoms with Crippen molar-refractivity contribution < 1.29 is 26.7 Å². The quantitative estimate of drug-likeness (QED) is 0.245. The minimum Gasteiger partial charge on any atom is -0.505 e. The highest BCUT2D eigenvalue weighted by molar-refractivity contribution is 7.91. The van der Waals surface area contributed by atoms with E-state index in [-0.39, 0.29) is 70.0 Å². The number of phenolic OH excluding ortho intramolecular Hbond substituents is 1. The second kappa shape index (κ2) is 9.81. The normalized spacial score (nSPS) is 12.2. The molecule has 0 saturated heterocycles. The topological polar surface area (TPSA) is 158 Å². The zero-order valence-electron chi connectivity index (χ0n) is 14.4. The Labute approximate surface area is 168 Å². The molecule has 154 valence electrons.